The zero-order valence-corrected chi connectivity index (χ0v) is 29.8. The van der Waals surface area contributed by atoms with Crippen molar-refractivity contribution in [1.29, 1.82) is 0 Å². The number of hydrogen-bond donors (Lipinski definition) is 4. The van der Waals surface area contributed by atoms with Crippen LogP contribution in [0.3, 0.4) is 0 Å². The highest BCUT2D eigenvalue weighted by atomic mass is 16.5. The van der Waals surface area contributed by atoms with Crippen LogP contribution in [0.5, 0.6) is 0 Å². The molecule has 1 amide bonds. The summed E-state index contributed by atoms with van der Waals surface area (Å²) in [7, 11) is 0. The molecule has 0 spiro atoms. The summed E-state index contributed by atoms with van der Waals surface area (Å²) in [5.41, 5.74) is 10.6. The number of rotatable bonds is 16. The number of benzene rings is 2. The zero-order chi connectivity index (χ0) is 36.4. The van der Waals surface area contributed by atoms with Crippen molar-refractivity contribution in [1.82, 2.24) is 15.3 Å². The number of anilines is 1. The lowest BCUT2D eigenvalue weighted by Crippen LogP contribution is -2.39. The van der Waals surface area contributed by atoms with E-state index in [9.17, 15) is 24.6 Å². The van der Waals surface area contributed by atoms with E-state index in [0.717, 1.165) is 90.7 Å². The molecule has 10 nitrogen and oxygen atoms in total. The Bertz CT molecular complexity index is 2000. The fourth-order valence-corrected chi connectivity index (χ4v) is 7.13. The molecule has 4 aromatic rings. The van der Waals surface area contributed by atoms with E-state index in [1.807, 2.05) is 68.6 Å². The van der Waals surface area contributed by atoms with E-state index in [1.54, 1.807) is 6.20 Å². The van der Waals surface area contributed by atoms with Gasteiger partial charge in [0.1, 0.15) is 17.4 Å². The van der Waals surface area contributed by atoms with Gasteiger partial charge in [0, 0.05) is 37.0 Å². The van der Waals surface area contributed by atoms with Crippen LogP contribution in [0.1, 0.15) is 104 Å². The molecule has 270 valence electrons. The highest BCUT2D eigenvalue weighted by molar-refractivity contribution is 6.04. The molecule has 52 heavy (non-hydrogen) atoms. The van der Waals surface area contributed by atoms with Crippen LogP contribution in [0.2, 0.25) is 0 Å². The molecule has 1 atom stereocenters. The van der Waals surface area contributed by atoms with Crippen LogP contribution in [-0.2, 0) is 28.9 Å². The van der Waals surface area contributed by atoms with Gasteiger partial charge in [-0.15, -0.1) is 0 Å². The summed E-state index contributed by atoms with van der Waals surface area (Å²) in [5.74, 6) is 0.00215. The molecule has 2 aliphatic carbocycles. The summed E-state index contributed by atoms with van der Waals surface area (Å²) < 4.78 is 5.34. The lowest BCUT2D eigenvalue weighted by molar-refractivity contribution is -0.140. The molecule has 2 aromatic carbocycles. The van der Waals surface area contributed by atoms with E-state index < -0.39 is 18.6 Å². The standard InChI is InChI=1S/C42H46N4O6/c1-24-29(15-40(48)37-16-35(28-13-14-28)31(19-43-37)20-45-39(21-47)42(50)51)5-3-6-32(24)33-7-4-8-36(25(33)2)46-41(49)38-17-34(27-11-12-27)30(18-44-38)10-9-26-22-52-23-26/h3-8,16-19,26-28,39,45,47H,9-15,20-23H2,1-2H3,(H,46,49)(H,50,51)/t39-/m1/s1. The number of pyridine rings is 2. The largest absolute Gasteiger partial charge is 0.480 e. The molecule has 3 aliphatic rings. The monoisotopic (exact) mass is 702 g/mol. The number of aliphatic hydroxyl groups excluding tert-OH is 1. The van der Waals surface area contributed by atoms with E-state index in [0.29, 0.717) is 34.8 Å². The van der Waals surface area contributed by atoms with Gasteiger partial charge in [-0.05, 0) is 132 Å². The second kappa shape index (κ2) is 15.5. The second-order valence-corrected chi connectivity index (χ2v) is 14.6. The molecule has 2 aromatic heterocycles. The first kappa shape index (κ1) is 35.6. The van der Waals surface area contributed by atoms with E-state index in [-0.39, 0.29) is 24.7 Å². The molecule has 10 heteroatoms. The lowest BCUT2D eigenvalue weighted by atomic mass is 9.90. The maximum Gasteiger partial charge on any atom is 0.323 e. The average Bonchev–Trinajstić information content (AvgIpc) is 4.05. The zero-order valence-electron chi connectivity index (χ0n) is 29.8. The molecule has 4 N–H and O–H groups in total. The number of aliphatic carboxylic acids is 1. The van der Waals surface area contributed by atoms with E-state index in [1.165, 1.54) is 11.1 Å². The third kappa shape index (κ3) is 7.99. The highest BCUT2D eigenvalue weighted by Crippen LogP contribution is 2.43. The summed E-state index contributed by atoms with van der Waals surface area (Å²) >= 11 is 0. The number of aryl methyl sites for hydroxylation is 1. The first-order valence-corrected chi connectivity index (χ1v) is 18.4. The molecule has 3 heterocycles. The van der Waals surface area contributed by atoms with Crippen LogP contribution < -0.4 is 10.6 Å². The van der Waals surface area contributed by atoms with Crippen molar-refractivity contribution >= 4 is 23.3 Å². The molecule has 0 unspecified atom stereocenters. The number of carboxylic acids is 1. The lowest BCUT2D eigenvalue weighted by Gasteiger charge is -2.26. The van der Waals surface area contributed by atoms with Gasteiger partial charge in [0.25, 0.3) is 5.91 Å². The molecule has 0 bridgehead atoms. The van der Waals surface area contributed by atoms with Crippen LogP contribution in [0.25, 0.3) is 11.1 Å². The number of carbonyl (C=O) groups excluding carboxylic acids is 2. The SMILES string of the molecule is Cc1c(CC(=O)c2cc(C3CC3)c(CN[C@H](CO)C(=O)O)cn2)cccc1-c1cccc(NC(=O)c2cc(C3CC3)c(CCC3COC3)cn2)c1C. The maximum absolute atomic E-state index is 13.6. The molecule has 1 saturated heterocycles. The summed E-state index contributed by atoms with van der Waals surface area (Å²) in [5, 5.41) is 24.7. The highest BCUT2D eigenvalue weighted by Gasteiger charge is 2.30. The average molecular weight is 703 g/mol. The summed E-state index contributed by atoms with van der Waals surface area (Å²) in [6.45, 7) is 5.42. The van der Waals surface area contributed by atoms with Gasteiger partial charge < -0.3 is 20.3 Å². The number of aliphatic hydroxyl groups is 1. The minimum atomic E-state index is -1.12. The van der Waals surface area contributed by atoms with Gasteiger partial charge >= 0.3 is 5.97 Å². The second-order valence-electron chi connectivity index (χ2n) is 14.6. The number of carbonyl (C=O) groups is 3. The summed E-state index contributed by atoms with van der Waals surface area (Å²) in [6, 6.07) is 14.6. The Kier molecular flexibility index (Phi) is 10.6. The Hall–Kier alpha value is -4.77. The number of nitrogens with zero attached hydrogens (tertiary/aromatic N) is 2. The third-order valence-electron chi connectivity index (χ3n) is 10.8. The van der Waals surface area contributed by atoms with Crippen molar-refractivity contribution in [2.45, 2.75) is 83.2 Å². The first-order valence-electron chi connectivity index (χ1n) is 18.4. The van der Waals surface area contributed by atoms with Gasteiger partial charge in [-0.25, -0.2) is 0 Å². The van der Waals surface area contributed by atoms with Crippen LogP contribution >= 0.6 is 0 Å². The summed E-state index contributed by atoms with van der Waals surface area (Å²) in [6.07, 6.45) is 10.1. The minimum absolute atomic E-state index is 0.0979. The van der Waals surface area contributed by atoms with Gasteiger partial charge in [0.05, 0.1) is 19.8 Å². The quantitative estimate of drug-likeness (QED) is 0.0986. The minimum Gasteiger partial charge on any atom is -0.480 e. The number of ether oxygens (including phenoxy) is 1. The Morgan fingerprint density at radius 1 is 0.846 bits per heavy atom. The smallest absolute Gasteiger partial charge is 0.323 e. The van der Waals surface area contributed by atoms with E-state index in [2.05, 4.69) is 20.6 Å². The van der Waals surface area contributed by atoms with Crippen LogP contribution in [0.4, 0.5) is 5.69 Å². The van der Waals surface area contributed by atoms with Crippen molar-refractivity contribution in [3.05, 3.63) is 111 Å². The fraction of sp³-hybridized carbons (Fsp3) is 0.405. The molecule has 0 radical (unpaired) electrons. The van der Waals surface area contributed by atoms with Crippen molar-refractivity contribution in [3.8, 4) is 11.1 Å². The Balaban J connectivity index is 1.06. The predicted molar refractivity (Wildman–Crippen MR) is 198 cm³/mol. The normalized spacial score (nSPS) is 16.3. The number of amides is 1. The van der Waals surface area contributed by atoms with Crippen molar-refractivity contribution in [2.75, 3.05) is 25.1 Å². The number of carboxylic acid groups (broad SMARTS) is 1. The molecule has 1 aliphatic heterocycles. The maximum atomic E-state index is 13.6. The molecular formula is C42H46N4O6. The topological polar surface area (TPSA) is 151 Å². The molecule has 3 fully saturated rings. The Morgan fingerprint density at radius 2 is 1.48 bits per heavy atom. The fourth-order valence-electron chi connectivity index (χ4n) is 7.13. The number of nitrogens with one attached hydrogen (secondary N) is 2. The van der Waals surface area contributed by atoms with Gasteiger partial charge in [-0.2, -0.15) is 0 Å². The number of Topliss-reactive ketones (excluding diaryl/α,β-unsaturated/α-hetero) is 1. The predicted octanol–water partition coefficient (Wildman–Crippen LogP) is 6.31. The first-order chi connectivity index (χ1) is 25.2. The van der Waals surface area contributed by atoms with Gasteiger partial charge in [-0.3, -0.25) is 29.7 Å². The summed E-state index contributed by atoms with van der Waals surface area (Å²) in [4.78, 5) is 47.6. The van der Waals surface area contributed by atoms with Crippen molar-refractivity contribution in [2.24, 2.45) is 5.92 Å². The third-order valence-corrected chi connectivity index (χ3v) is 10.8. The van der Waals surface area contributed by atoms with Gasteiger partial charge in [0.2, 0.25) is 0 Å². The molecule has 7 rings (SSSR count). The van der Waals surface area contributed by atoms with Crippen LogP contribution in [0, 0.1) is 19.8 Å². The van der Waals surface area contributed by atoms with Crippen LogP contribution in [0.15, 0.2) is 60.9 Å². The number of hydrogen-bond acceptors (Lipinski definition) is 8. The van der Waals surface area contributed by atoms with E-state index in [4.69, 9.17) is 4.74 Å². The van der Waals surface area contributed by atoms with Crippen molar-refractivity contribution in [3.63, 3.8) is 0 Å². The Morgan fingerprint density at radius 3 is 2.13 bits per heavy atom. The number of aromatic nitrogens is 2. The number of ketones is 1. The van der Waals surface area contributed by atoms with Gasteiger partial charge in [-0.1, -0.05) is 30.3 Å². The molecular weight excluding hydrogens is 656 g/mol. The van der Waals surface area contributed by atoms with Crippen molar-refractivity contribution < 1.29 is 29.3 Å². The van der Waals surface area contributed by atoms with Crippen LogP contribution in [-0.4, -0.2) is 63.7 Å². The van der Waals surface area contributed by atoms with Gasteiger partial charge in [0.15, 0.2) is 5.78 Å². The molecule has 2 saturated carbocycles. The Labute approximate surface area is 304 Å². The van der Waals surface area contributed by atoms with E-state index >= 15 is 0 Å².